The van der Waals surface area contributed by atoms with Crippen molar-refractivity contribution in [2.45, 2.75) is 12.8 Å². The summed E-state index contributed by atoms with van der Waals surface area (Å²) in [5, 5.41) is 8.80. The van der Waals surface area contributed by atoms with Gasteiger partial charge in [0.2, 0.25) is 5.91 Å². The van der Waals surface area contributed by atoms with Crippen LogP contribution < -0.4 is 4.90 Å². The van der Waals surface area contributed by atoms with Crippen LogP contribution in [0.2, 0.25) is 0 Å². The van der Waals surface area contributed by atoms with E-state index in [2.05, 4.69) is 16.0 Å². The summed E-state index contributed by atoms with van der Waals surface area (Å²) in [4.78, 5) is 20.9. The van der Waals surface area contributed by atoms with Gasteiger partial charge in [0.15, 0.2) is 0 Å². The van der Waals surface area contributed by atoms with E-state index in [4.69, 9.17) is 5.26 Å². The van der Waals surface area contributed by atoms with Crippen LogP contribution in [-0.2, 0) is 11.2 Å². The van der Waals surface area contributed by atoms with E-state index in [-0.39, 0.29) is 5.91 Å². The Morgan fingerprint density at radius 3 is 2.46 bits per heavy atom. The van der Waals surface area contributed by atoms with Crippen molar-refractivity contribution in [3.8, 4) is 6.07 Å². The van der Waals surface area contributed by atoms with E-state index in [0.29, 0.717) is 18.4 Å². The highest BCUT2D eigenvalue weighted by molar-refractivity contribution is 5.76. The topological polar surface area (TPSA) is 60.2 Å². The van der Waals surface area contributed by atoms with Gasteiger partial charge in [-0.15, -0.1) is 0 Å². The molecular weight excluding hydrogens is 300 g/mol. The van der Waals surface area contributed by atoms with Gasteiger partial charge >= 0.3 is 0 Å². The molecule has 1 fully saturated rings. The van der Waals surface area contributed by atoms with Crippen LogP contribution in [0.4, 0.5) is 5.82 Å². The molecule has 0 radical (unpaired) electrons. The van der Waals surface area contributed by atoms with Crippen molar-refractivity contribution in [3.63, 3.8) is 0 Å². The molecule has 1 aromatic heterocycles. The summed E-state index contributed by atoms with van der Waals surface area (Å²) < 4.78 is 0. The van der Waals surface area contributed by atoms with Gasteiger partial charge in [0.05, 0.1) is 11.6 Å². The number of aromatic nitrogens is 1. The van der Waals surface area contributed by atoms with Crippen LogP contribution in [0.15, 0.2) is 48.7 Å². The van der Waals surface area contributed by atoms with E-state index >= 15 is 0 Å². The van der Waals surface area contributed by atoms with Crippen molar-refractivity contribution >= 4 is 11.7 Å². The number of aryl methyl sites for hydroxylation is 1. The number of benzene rings is 1. The normalized spacial score (nSPS) is 14.3. The summed E-state index contributed by atoms with van der Waals surface area (Å²) in [5.41, 5.74) is 1.74. The maximum absolute atomic E-state index is 12.4. The summed E-state index contributed by atoms with van der Waals surface area (Å²) in [7, 11) is 0. The predicted octanol–water partition coefficient (Wildman–Crippen LogP) is 2.23. The molecule has 3 rings (SSSR count). The fourth-order valence-corrected chi connectivity index (χ4v) is 2.88. The molecule has 0 atom stereocenters. The van der Waals surface area contributed by atoms with Crippen molar-refractivity contribution in [2.75, 3.05) is 31.1 Å². The second kappa shape index (κ2) is 7.60. The number of carbonyl (C=O) groups excluding carboxylic acids is 1. The SMILES string of the molecule is N#Cc1ccc(CCC(=O)N2CCN(c3ccccn3)CC2)cc1. The Bertz CT molecular complexity index is 713. The minimum Gasteiger partial charge on any atom is -0.353 e. The highest BCUT2D eigenvalue weighted by Crippen LogP contribution is 2.14. The van der Waals surface area contributed by atoms with Gasteiger partial charge < -0.3 is 9.80 Å². The lowest BCUT2D eigenvalue weighted by Crippen LogP contribution is -2.49. The van der Waals surface area contributed by atoms with Gasteiger partial charge in [-0.05, 0) is 36.2 Å². The van der Waals surface area contributed by atoms with Gasteiger partial charge in [-0.1, -0.05) is 18.2 Å². The molecule has 5 heteroatoms. The molecule has 1 aliphatic heterocycles. The number of piperazine rings is 1. The quantitative estimate of drug-likeness (QED) is 0.867. The molecule has 122 valence electrons. The van der Waals surface area contributed by atoms with Crippen LogP contribution in [0.25, 0.3) is 0 Å². The van der Waals surface area contributed by atoms with Gasteiger partial charge in [-0.2, -0.15) is 5.26 Å². The minimum atomic E-state index is 0.194. The average molecular weight is 320 g/mol. The van der Waals surface area contributed by atoms with Crippen LogP contribution in [0.1, 0.15) is 17.5 Å². The highest BCUT2D eigenvalue weighted by atomic mass is 16.2. The predicted molar refractivity (Wildman–Crippen MR) is 92.5 cm³/mol. The lowest BCUT2D eigenvalue weighted by molar-refractivity contribution is -0.131. The number of amides is 1. The van der Waals surface area contributed by atoms with Gasteiger partial charge in [-0.25, -0.2) is 4.98 Å². The van der Waals surface area contributed by atoms with E-state index in [1.165, 1.54) is 0 Å². The number of rotatable bonds is 4. The number of hydrogen-bond donors (Lipinski definition) is 0. The fraction of sp³-hybridized carbons (Fsp3) is 0.316. The maximum atomic E-state index is 12.4. The molecule has 0 unspecified atom stereocenters. The zero-order valence-electron chi connectivity index (χ0n) is 13.6. The molecule has 0 aliphatic carbocycles. The number of hydrogen-bond acceptors (Lipinski definition) is 4. The second-order valence-corrected chi connectivity index (χ2v) is 5.86. The summed E-state index contributed by atoms with van der Waals surface area (Å²) >= 11 is 0. The third-order valence-corrected chi connectivity index (χ3v) is 4.32. The highest BCUT2D eigenvalue weighted by Gasteiger charge is 2.21. The molecule has 1 aromatic carbocycles. The third-order valence-electron chi connectivity index (χ3n) is 4.32. The molecule has 2 aromatic rings. The first-order valence-electron chi connectivity index (χ1n) is 8.19. The summed E-state index contributed by atoms with van der Waals surface area (Å²) in [6.45, 7) is 3.12. The molecule has 2 heterocycles. The molecule has 24 heavy (non-hydrogen) atoms. The average Bonchev–Trinajstić information content (AvgIpc) is 2.67. The molecule has 0 bridgehead atoms. The first-order valence-corrected chi connectivity index (χ1v) is 8.19. The fourth-order valence-electron chi connectivity index (χ4n) is 2.88. The van der Waals surface area contributed by atoms with Crippen LogP contribution in [-0.4, -0.2) is 42.0 Å². The number of anilines is 1. The van der Waals surface area contributed by atoms with Crippen molar-refractivity contribution in [3.05, 3.63) is 59.8 Å². The van der Waals surface area contributed by atoms with E-state index < -0.39 is 0 Å². The van der Waals surface area contributed by atoms with Crippen LogP contribution >= 0.6 is 0 Å². The molecule has 0 N–H and O–H groups in total. The van der Waals surface area contributed by atoms with Crippen LogP contribution in [0, 0.1) is 11.3 Å². The number of nitriles is 1. The molecule has 5 nitrogen and oxygen atoms in total. The van der Waals surface area contributed by atoms with E-state index in [1.807, 2.05) is 35.2 Å². The first-order chi connectivity index (χ1) is 11.8. The van der Waals surface area contributed by atoms with Crippen LogP contribution in [0.3, 0.4) is 0 Å². The lowest BCUT2D eigenvalue weighted by Gasteiger charge is -2.35. The van der Waals surface area contributed by atoms with E-state index in [9.17, 15) is 4.79 Å². The van der Waals surface area contributed by atoms with Crippen molar-refractivity contribution in [2.24, 2.45) is 0 Å². The van der Waals surface area contributed by atoms with Crippen molar-refractivity contribution in [1.82, 2.24) is 9.88 Å². The Labute approximate surface area is 142 Å². The van der Waals surface area contributed by atoms with E-state index in [1.54, 1.807) is 18.3 Å². The van der Waals surface area contributed by atoms with Crippen molar-refractivity contribution in [1.29, 1.82) is 5.26 Å². The maximum Gasteiger partial charge on any atom is 0.223 e. The van der Waals surface area contributed by atoms with Gasteiger partial charge in [-0.3, -0.25) is 4.79 Å². The van der Waals surface area contributed by atoms with Crippen molar-refractivity contribution < 1.29 is 4.79 Å². The third kappa shape index (κ3) is 3.90. The Balaban J connectivity index is 1.47. The molecule has 1 saturated heterocycles. The summed E-state index contributed by atoms with van der Waals surface area (Å²) in [6, 6.07) is 15.4. The Morgan fingerprint density at radius 1 is 1.08 bits per heavy atom. The molecule has 1 aliphatic rings. The lowest BCUT2D eigenvalue weighted by atomic mass is 10.1. The molecular formula is C19H20N4O. The molecule has 0 spiro atoms. The Morgan fingerprint density at radius 2 is 1.83 bits per heavy atom. The molecule has 1 amide bonds. The molecule has 0 saturated carbocycles. The largest absolute Gasteiger partial charge is 0.353 e. The standard InChI is InChI=1S/C19H20N4O/c20-15-17-6-4-16(5-7-17)8-9-19(24)23-13-11-22(12-14-23)18-3-1-2-10-21-18/h1-7,10H,8-9,11-14H2. The van der Waals surface area contributed by atoms with Crippen LogP contribution in [0.5, 0.6) is 0 Å². The summed E-state index contributed by atoms with van der Waals surface area (Å²) in [5.74, 6) is 1.17. The zero-order chi connectivity index (χ0) is 16.8. The number of pyridine rings is 1. The summed E-state index contributed by atoms with van der Waals surface area (Å²) in [6.07, 6.45) is 3.02. The Hall–Kier alpha value is -2.87. The number of carbonyl (C=O) groups is 1. The minimum absolute atomic E-state index is 0.194. The number of nitrogens with zero attached hydrogens (tertiary/aromatic N) is 4. The van der Waals surface area contributed by atoms with E-state index in [0.717, 1.165) is 37.6 Å². The monoisotopic (exact) mass is 320 g/mol. The second-order valence-electron chi connectivity index (χ2n) is 5.86. The smallest absolute Gasteiger partial charge is 0.223 e. The van der Waals surface area contributed by atoms with Gasteiger partial charge in [0.1, 0.15) is 5.82 Å². The first kappa shape index (κ1) is 16.0. The van der Waals surface area contributed by atoms with Gasteiger partial charge in [0.25, 0.3) is 0 Å². The zero-order valence-corrected chi connectivity index (χ0v) is 13.6. The Kier molecular flexibility index (Phi) is 5.07. The van der Waals surface area contributed by atoms with Gasteiger partial charge in [0, 0.05) is 38.8 Å².